The Labute approximate surface area is 132 Å². The summed E-state index contributed by atoms with van der Waals surface area (Å²) in [5.41, 5.74) is 3.68. The van der Waals surface area contributed by atoms with Crippen LogP contribution in [0.5, 0.6) is 5.75 Å². The van der Waals surface area contributed by atoms with Gasteiger partial charge in [-0.1, -0.05) is 35.9 Å². The molecule has 0 bridgehead atoms. The summed E-state index contributed by atoms with van der Waals surface area (Å²) in [5, 5.41) is 12.9. The monoisotopic (exact) mass is 313 g/mol. The zero-order valence-electron chi connectivity index (χ0n) is 11.5. The number of hydrogen-bond acceptors (Lipinski definition) is 4. The molecule has 2 aromatic carbocycles. The van der Waals surface area contributed by atoms with Gasteiger partial charge in [0.25, 0.3) is 5.91 Å². The highest BCUT2D eigenvalue weighted by atomic mass is 35.5. The van der Waals surface area contributed by atoms with Gasteiger partial charge in [-0.05, 0) is 29.8 Å². The predicted octanol–water partition coefficient (Wildman–Crippen LogP) is 2.74. The lowest BCUT2D eigenvalue weighted by atomic mass is 10.2. The molecule has 2 rings (SSSR count). The van der Waals surface area contributed by atoms with E-state index in [9.17, 15) is 4.79 Å². The zero-order chi connectivity index (χ0) is 15.8. The molecular weight excluding hydrogens is 302 g/mol. The predicted molar refractivity (Wildman–Crippen MR) is 83.8 cm³/mol. The number of benzene rings is 2. The summed E-state index contributed by atoms with van der Waals surface area (Å²) in [5.74, 6) is 0.0419. The molecule has 1 N–H and O–H groups in total. The number of nitriles is 1. The van der Waals surface area contributed by atoms with Crippen LogP contribution in [-0.2, 0) is 4.79 Å². The highest BCUT2D eigenvalue weighted by molar-refractivity contribution is 6.32. The molecule has 0 radical (unpaired) electrons. The summed E-state index contributed by atoms with van der Waals surface area (Å²) in [4.78, 5) is 11.6. The fourth-order valence-electron chi connectivity index (χ4n) is 1.56. The Balaban J connectivity index is 1.81. The Bertz CT molecular complexity index is 721. The summed E-state index contributed by atoms with van der Waals surface area (Å²) in [6.07, 6.45) is 1.48. The number of para-hydroxylation sites is 1. The molecule has 0 aliphatic carbocycles. The molecule has 0 atom stereocenters. The molecule has 110 valence electrons. The van der Waals surface area contributed by atoms with E-state index in [0.29, 0.717) is 16.3 Å². The van der Waals surface area contributed by atoms with Crippen molar-refractivity contribution in [3.05, 3.63) is 64.7 Å². The van der Waals surface area contributed by atoms with E-state index in [1.165, 1.54) is 6.21 Å². The molecule has 0 fully saturated rings. The van der Waals surface area contributed by atoms with Gasteiger partial charge in [-0.15, -0.1) is 0 Å². The topological polar surface area (TPSA) is 74.5 Å². The highest BCUT2D eigenvalue weighted by Crippen LogP contribution is 2.22. The van der Waals surface area contributed by atoms with Crippen molar-refractivity contribution in [3.63, 3.8) is 0 Å². The van der Waals surface area contributed by atoms with Crippen LogP contribution in [0.1, 0.15) is 11.1 Å². The first-order valence-electron chi connectivity index (χ1n) is 6.38. The SMILES string of the molecule is N#Cc1ccc(/C=N\NC(=O)COc2ccccc2Cl)cc1. The third-order valence-corrected chi connectivity index (χ3v) is 2.95. The minimum Gasteiger partial charge on any atom is -0.482 e. The number of rotatable bonds is 5. The number of hydrogen-bond donors (Lipinski definition) is 1. The van der Waals surface area contributed by atoms with Crippen LogP contribution < -0.4 is 10.2 Å². The van der Waals surface area contributed by atoms with Gasteiger partial charge in [0.15, 0.2) is 6.61 Å². The lowest BCUT2D eigenvalue weighted by Crippen LogP contribution is -2.24. The first-order chi connectivity index (χ1) is 10.7. The first-order valence-corrected chi connectivity index (χ1v) is 6.76. The van der Waals surface area contributed by atoms with Crippen LogP contribution in [-0.4, -0.2) is 18.7 Å². The molecule has 0 saturated carbocycles. The minimum atomic E-state index is -0.398. The Kier molecular flexibility index (Phi) is 5.52. The fraction of sp³-hybridized carbons (Fsp3) is 0.0625. The quantitative estimate of drug-likeness (QED) is 0.681. The van der Waals surface area contributed by atoms with Crippen molar-refractivity contribution in [1.82, 2.24) is 5.43 Å². The second kappa shape index (κ2) is 7.81. The van der Waals surface area contributed by atoms with Crippen molar-refractivity contribution >= 4 is 23.7 Å². The zero-order valence-corrected chi connectivity index (χ0v) is 12.2. The number of carbonyl (C=O) groups excluding carboxylic acids is 1. The van der Waals surface area contributed by atoms with Gasteiger partial charge in [-0.3, -0.25) is 4.79 Å². The largest absolute Gasteiger partial charge is 0.482 e. The molecule has 0 spiro atoms. The summed E-state index contributed by atoms with van der Waals surface area (Å²) >= 11 is 5.91. The average molecular weight is 314 g/mol. The van der Waals surface area contributed by atoms with Gasteiger partial charge < -0.3 is 4.74 Å². The maximum atomic E-state index is 11.6. The molecule has 0 aliphatic rings. The Morgan fingerprint density at radius 3 is 2.68 bits per heavy atom. The number of halogens is 1. The van der Waals surface area contributed by atoms with Crippen molar-refractivity contribution in [2.45, 2.75) is 0 Å². The van der Waals surface area contributed by atoms with Crippen molar-refractivity contribution in [2.24, 2.45) is 5.10 Å². The van der Waals surface area contributed by atoms with Crippen molar-refractivity contribution in [2.75, 3.05) is 6.61 Å². The van der Waals surface area contributed by atoms with E-state index in [0.717, 1.165) is 5.56 Å². The van der Waals surface area contributed by atoms with Crippen LogP contribution in [0, 0.1) is 11.3 Å². The summed E-state index contributed by atoms with van der Waals surface area (Å²) in [6, 6.07) is 15.7. The minimum absolute atomic E-state index is 0.186. The Morgan fingerprint density at radius 1 is 1.27 bits per heavy atom. The molecule has 5 nitrogen and oxygen atoms in total. The van der Waals surface area contributed by atoms with Crippen LogP contribution in [0.3, 0.4) is 0 Å². The van der Waals surface area contributed by atoms with E-state index >= 15 is 0 Å². The third-order valence-electron chi connectivity index (χ3n) is 2.64. The lowest BCUT2D eigenvalue weighted by molar-refractivity contribution is -0.123. The second-order valence-electron chi connectivity index (χ2n) is 4.25. The smallest absolute Gasteiger partial charge is 0.277 e. The van der Waals surface area contributed by atoms with Crippen LogP contribution in [0.25, 0.3) is 0 Å². The number of carbonyl (C=O) groups is 1. The van der Waals surface area contributed by atoms with E-state index in [4.69, 9.17) is 21.6 Å². The maximum Gasteiger partial charge on any atom is 0.277 e. The van der Waals surface area contributed by atoms with E-state index in [1.807, 2.05) is 6.07 Å². The van der Waals surface area contributed by atoms with Gasteiger partial charge >= 0.3 is 0 Å². The van der Waals surface area contributed by atoms with Gasteiger partial charge in [0, 0.05) is 0 Å². The lowest BCUT2D eigenvalue weighted by Gasteiger charge is -2.06. The summed E-state index contributed by atoms with van der Waals surface area (Å²) in [7, 11) is 0. The summed E-state index contributed by atoms with van der Waals surface area (Å²) < 4.78 is 5.28. The van der Waals surface area contributed by atoms with Crippen molar-refractivity contribution in [1.29, 1.82) is 5.26 Å². The summed E-state index contributed by atoms with van der Waals surface area (Å²) in [6.45, 7) is -0.186. The molecule has 0 heterocycles. The van der Waals surface area contributed by atoms with Crippen LogP contribution in [0.2, 0.25) is 5.02 Å². The Hall–Kier alpha value is -2.84. The van der Waals surface area contributed by atoms with Gasteiger partial charge in [-0.25, -0.2) is 5.43 Å². The van der Waals surface area contributed by atoms with Crippen LogP contribution in [0.15, 0.2) is 53.6 Å². The highest BCUT2D eigenvalue weighted by Gasteiger charge is 2.04. The van der Waals surface area contributed by atoms with Gasteiger partial charge in [0.2, 0.25) is 0 Å². The first kappa shape index (κ1) is 15.5. The molecule has 0 aliphatic heterocycles. The van der Waals surface area contributed by atoms with Crippen LogP contribution in [0.4, 0.5) is 0 Å². The molecule has 22 heavy (non-hydrogen) atoms. The molecule has 1 amide bonds. The number of nitrogens with zero attached hydrogens (tertiary/aromatic N) is 2. The normalized spacial score (nSPS) is 10.2. The van der Waals surface area contributed by atoms with Crippen molar-refractivity contribution in [3.8, 4) is 11.8 Å². The molecule has 6 heteroatoms. The number of amides is 1. The molecular formula is C16H12ClN3O2. The van der Waals surface area contributed by atoms with E-state index in [1.54, 1.807) is 48.5 Å². The number of hydrazone groups is 1. The van der Waals surface area contributed by atoms with Crippen LogP contribution >= 0.6 is 11.6 Å². The molecule has 2 aromatic rings. The fourth-order valence-corrected chi connectivity index (χ4v) is 1.75. The van der Waals surface area contributed by atoms with Crippen molar-refractivity contribution < 1.29 is 9.53 Å². The third kappa shape index (κ3) is 4.62. The van der Waals surface area contributed by atoms with E-state index in [2.05, 4.69) is 10.5 Å². The van der Waals surface area contributed by atoms with E-state index < -0.39 is 5.91 Å². The second-order valence-corrected chi connectivity index (χ2v) is 4.65. The maximum absolute atomic E-state index is 11.6. The van der Waals surface area contributed by atoms with Gasteiger partial charge in [0.1, 0.15) is 5.75 Å². The molecule has 0 saturated heterocycles. The van der Waals surface area contributed by atoms with Gasteiger partial charge in [0.05, 0.1) is 22.9 Å². The number of ether oxygens (including phenoxy) is 1. The van der Waals surface area contributed by atoms with E-state index in [-0.39, 0.29) is 6.61 Å². The standard InChI is InChI=1S/C16H12ClN3O2/c17-14-3-1-2-4-15(14)22-11-16(21)20-19-10-13-7-5-12(9-18)6-8-13/h1-8,10H,11H2,(H,20,21)/b19-10-. The van der Waals surface area contributed by atoms with Gasteiger partial charge in [-0.2, -0.15) is 10.4 Å². The number of nitrogens with one attached hydrogen (secondary N) is 1. The molecule has 0 aromatic heterocycles. The Morgan fingerprint density at radius 2 is 2.00 bits per heavy atom. The molecule has 0 unspecified atom stereocenters. The average Bonchev–Trinajstić information content (AvgIpc) is 2.55.